The van der Waals surface area contributed by atoms with E-state index in [4.69, 9.17) is 10.3 Å². The van der Waals surface area contributed by atoms with Gasteiger partial charge >= 0.3 is 0 Å². The molecule has 0 unspecified atom stereocenters. The van der Waals surface area contributed by atoms with Crippen molar-refractivity contribution in [2.45, 2.75) is 20.0 Å². The Hall–Kier alpha value is -1.80. The van der Waals surface area contributed by atoms with E-state index in [0.717, 1.165) is 5.01 Å². The molecule has 0 aromatic carbocycles. The third-order valence-electron chi connectivity index (χ3n) is 1.94. The Bertz CT molecular complexity index is 521. The first kappa shape index (κ1) is 11.7. The van der Waals surface area contributed by atoms with E-state index in [2.05, 4.69) is 20.4 Å². The van der Waals surface area contributed by atoms with Crippen LogP contribution in [0.3, 0.4) is 0 Å². The molecule has 0 aliphatic carbocycles. The minimum atomic E-state index is -0.275. The van der Waals surface area contributed by atoms with Crippen molar-refractivity contribution in [3.05, 3.63) is 27.8 Å². The van der Waals surface area contributed by atoms with Gasteiger partial charge in [-0.3, -0.25) is 4.79 Å². The maximum absolute atomic E-state index is 11.7. The minimum absolute atomic E-state index is 0.214. The molecule has 1 amide bonds. The molecule has 7 nitrogen and oxygen atoms in total. The molecule has 90 valence electrons. The molecule has 3 N–H and O–H groups in total. The van der Waals surface area contributed by atoms with E-state index >= 15 is 0 Å². The second-order valence-corrected chi connectivity index (χ2v) is 4.19. The van der Waals surface area contributed by atoms with Crippen molar-refractivity contribution < 1.29 is 9.32 Å². The second kappa shape index (κ2) is 5.02. The lowest BCUT2D eigenvalue weighted by Crippen LogP contribution is -2.23. The summed E-state index contributed by atoms with van der Waals surface area (Å²) >= 11 is 1.36. The molecular weight excluding hydrogens is 242 g/mol. The number of nitrogens with one attached hydrogen (secondary N) is 1. The first-order valence-corrected chi connectivity index (χ1v) is 5.79. The number of hydrogen-bond acceptors (Lipinski definition) is 7. The third-order valence-corrected chi connectivity index (χ3v) is 2.81. The third kappa shape index (κ3) is 2.86. The van der Waals surface area contributed by atoms with E-state index in [1.54, 1.807) is 12.3 Å². The number of carbonyl (C=O) groups is 1. The SMILES string of the molecule is Cc1nc(CNC(=O)c2csc(CN)n2)no1. The van der Waals surface area contributed by atoms with Gasteiger partial charge in [0.05, 0.1) is 6.54 Å². The first-order chi connectivity index (χ1) is 8.19. The van der Waals surface area contributed by atoms with Crippen LogP contribution < -0.4 is 11.1 Å². The fraction of sp³-hybridized carbons (Fsp3) is 0.333. The van der Waals surface area contributed by atoms with Gasteiger partial charge in [-0.1, -0.05) is 5.16 Å². The lowest BCUT2D eigenvalue weighted by Gasteiger charge is -1.98. The molecule has 0 atom stereocenters. The number of aromatic nitrogens is 3. The van der Waals surface area contributed by atoms with Crippen LogP contribution in [-0.4, -0.2) is 21.0 Å². The van der Waals surface area contributed by atoms with Crippen LogP contribution in [0.25, 0.3) is 0 Å². The van der Waals surface area contributed by atoms with Gasteiger partial charge in [0, 0.05) is 18.8 Å². The van der Waals surface area contributed by atoms with E-state index < -0.39 is 0 Å². The van der Waals surface area contributed by atoms with Crippen molar-refractivity contribution in [1.82, 2.24) is 20.4 Å². The summed E-state index contributed by atoms with van der Waals surface area (Å²) in [6, 6.07) is 0. The maximum atomic E-state index is 11.7. The highest BCUT2D eigenvalue weighted by Crippen LogP contribution is 2.08. The van der Waals surface area contributed by atoms with Crippen LogP contribution in [0.2, 0.25) is 0 Å². The van der Waals surface area contributed by atoms with E-state index in [1.165, 1.54) is 11.3 Å². The normalized spacial score (nSPS) is 10.5. The van der Waals surface area contributed by atoms with Crippen molar-refractivity contribution in [2.24, 2.45) is 5.73 Å². The summed E-state index contributed by atoms with van der Waals surface area (Å²) in [5.74, 6) is 0.627. The number of nitrogens with zero attached hydrogens (tertiary/aromatic N) is 3. The Morgan fingerprint density at radius 3 is 3.00 bits per heavy atom. The van der Waals surface area contributed by atoms with E-state index in [-0.39, 0.29) is 12.5 Å². The Kier molecular flexibility index (Phi) is 3.45. The van der Waals surface area contributed by atoms with Crippen LogP contribution in [0, 0.1) is 6.92 Å². The molecule has 2 aromatic heterocycles. The average Bonchev–Trinajstić information content (AvgIpc) is 2.94. The quantitative estimate of drug-likeness (QED) is 0.807. The highest BCUT2D eigenvalue weighted by Gasteiger charge is 2.11. The molecule has 8 heteroatoms. The molecule has 2 rings (SSSR count). The Morgan fingerprint density at radius 2 is 2.41 bits per heavy atom. The molecule has 0 aliphatic heterocycles. The van der Waals surface area contributed by atoms with Crippen LogP contribution in [0.4, 0.5) is 0 Å². The number of carbonyl (C=O) groups excluding carboxylic acids is 1. The zero-order valence-electron chi connectivity index (χ0n) is 9.14. The molecule has 0 fully saturated rings. The second-order valence-electron chi connectivity index (χ2n) is 3.24. The number of rotatable bonds is 4. The largest absolute Gasteiger partial charge is 0.343 e. The van der Waals surface area contributed by atoms with Crippen LogP contribution in [0.5, 0.6) is 0 Å². The average molecular weight is 253 g/mol. The van der Waals surface area contributed by atoms with Gasteiger partial charge in [-0.25, -0.2) is 4.98 Å². The summed E-state index contributed by atoms with van der Waals surface area (Å²) in [6.45, 7) is 2.24. The van der Waals surface area contributed by atoms with Crippen LogP contribution >= 0.6 is 11.3 Å². The summed E-state index contributed by atoms with van der Waals surface area (Å²) < 4.78 is 4.78. The van der Waals surface area contributed by atoms with Gasteiger partial charge in [-0.2, -0.15) is 4.98 Å². The molecule has 17 heavy (non-hydrogen) atoms. The number of nitrogens with two attached hydrogens (primary N) is 1. The summed E-state index contributed by atoms with van der Waals surface area (Å²) in [5, 5.41) is 8.70. The molecule has 0 saturated heterocycles. The lowest BCUT2D eigenvalue weighted by molar-refractivity contribution is 0.0945. The molecule has 0 saturated carbocycles. The minimum Gasteiger partial charge on any atom is -0.343 e. The monoisotopic (exact) mass is 253 g/mol. The smallest absolute Gasteiger partial charge is 0.271 e. The van der Waals surface area contributed by atoms with E-state index in [1.807, 2.05) is 0 Å². The predicted molar refractivity (Wildman–Crippen MR) is 60.2 cm³/mol. The van der Waals surface area contributed by atoms with Crippen molar-refractivity contribution in [3.8, 4) is 0 Å². The summed E-state index contributed by atoms with van der Waals surface area (Å²) in [6.07, 6.45) is 0. The van der Waals surface area contributed by atoms with Crippen LogP contribution in [0.1, 0.15) is 27.2 Å². The first-order valence-electron chi connectivity index (χ1n) is 4.91. The standard InChI is InChI=1S/C9H11N5O2S/c1-5-12-7(14-16-5)3-11-9(15)6-4-17-8(2-10)13-6/h4H,2-3,10H2,1H3,(H,11,15). The van der Waals surface area contributed by atoms with E-state index in [0.29, 0.717) is 24.0 Å². The highest BCUT2D eigenvalue weighted by atomic mass is 32.1. The molecule has 2 aromatic rings. The van der Waals surface area contributed by atoms with Crippen LogP contribution in [0.15, 0.2) is 9.90 Å². The predicted octanol–water partition coefficient (Wildman–Crippen LogP) is 0.223. The molecule has 0 spiro atoms. The van der Waals surface area contributed by atoms with Crippen molar-refractivity contribution in [3.63, 3.8) is 0 Å². The summed E-state index contributed by atoms with van der Waals surface area (Å²) in [7, 11) is 0. The Morgan fingerprint density at radius 1 is 1.59 bits per heavy atom. The maximum Gasteiger partial charge on any atom is 0.271 e. The fourth-order valence-corrected chi connectivity index (χ4v) is 1.83. The number of thiazole rings is 1. The summed E-state index contributed by atoms with van der Waals surface area (Å²) in [5.41, 5.74) is 5.77. The van der Waals surface area contributed by atoms with Crippen molar-refractivity contribution >= 4 is 17.2 Å². The number of amides is 1. The topological polar surface area (TPSA) is 107 Å². The molecular formula is C9H11N5O2S. The van der Waals surface area contributed by atoms with Gasteiger partial charge in [0.15, 0.2) is 5.82 Å². The molecule has 0 aliphatic rings. The van der Waals surface area contributed by atoms with E-state index in [9.17, 15) is 4.79 Å². The van der Waals surface area contributed by atoms with Gasteiger partial charge in [0.1, 0.15) is 10.7 Å². The van der Waals surface area contributed by atoms with Gasteiger partial charge in [0.25, 0.3) is 5.91 Å². The van der Waals surface area contributed by atoms with Crippen LogP contribution in [-0.2, 0) is 13.1 Å². The summed E-state index contributed by atoms with van der Waals surface area (Å²) in [4.78, 5) is 19.7. The fourth-order valence-electron chi connectivity index (χ4n) is 1.17. The zero-order chi connectivity index (χ0) is 12.3. The lowest BCUT2D eigenvalue weighted by atomic mass is 10.4. The molecule has 0 radical (unpaired) electrons. The van der Waals surface area contributed by atoms with Gasteiger partial charge < -0.3 is 15.6 Å². The highest BCUT2D eigenvalue weighted by molar-refractivity contribution is 7.09. The molecule has 2 heterocycles. The Labute approximate surface area is 101 Å². The van der Waals surface area contributed by atoms with Crippen molar-refractivity contribution in [1.29, 1.82) is 0 Å². The number of aryl methyl sites for hydroxylation is 1. The van der Waals surface area contributed by atoms with Gasteiger partial charge in [0.2, 0.25) is 5.89 Å². The van der Waals surface area contributed by atoms with Gasteiger partial charge in [-0.15, -0.1) is 11.3 Å². The van der Waals surface area contributed by atoms with Gasteiger partial charge in [-0.05, 0) is 0 Å². The Balaban J connectivity index is 1.93. The van der Waals surface area contributed by atoms with Crippen molar-refractivity contribution in [2.75, 3.05) is 0 Å². The zero-order valence-corrected chi connectivity index (χ0v) is 9.95. The number of hydrogen-bond donors (Lipinski definition) is 2. The molecule has 0 bridgehead atoms.